The number of rotatable bonds is 5. The molecule has 0 aliphatic rings. The molecule has 0 aliphatic carbocycles. The van der Waals surface area contributed by atoms with Crippen molar-refractivity contribution in [3.8, 4) is 0 Å². The van der Waals surface area contributed by atoms with Gasteiger partial charge in [-0.25, -0.2) is 11.4 Å². The second kappa shape index (κ2) is 7.10. The first-order chi connectivity index (χ1) is 6.95. The normalized spacial score (nSPS) is 10.5. The highest BCUT2D eigenvalue weighted by Gasteiger charge is 2.15. The van der Waals surface area contributed by atoms with Crippen molar-refractivity contribution < 1.29 is 9.53 Å². The van der Waals surface area contributed by atoms with E-state index in [1.807, 2.05) is 20.8 Å². The Balaban J connectivity index is 3.37. The van der Waals surface area contributed by atoms with Gasteiger partial charge in [0.15, 0.2) is 0 Å². The van der Waals surface area contributed by atoms with Gasteiger partial charge < -0.3 is 14.9 Å². The van der Waals surface area contributed by atoms with Crippen LogP contribution in [0.3, 0.4) is 0 Å². The highest BCUT2D eigenvalue weighted by atomic mass is 16.6. The lowest BCUT2D eigenvalue weighted by atomic mass is 10.2. The van der Waals surface area contributed by atoms with Gasteiger partial charge in [-0.3, -0.25) is 0 Å². The number of nitrogens with one attached hydrogen (secondary N) is 1. The third-order valence-electron chi connectivity index (χ3n) is 1.61. The van der Waals surface area contributed by atoms with Gasteiger partial charge in [0.25, 0.3) is 0 Å². The molecule has 0 saturated heterocycles. The van der Waals surface area contributed by atoms with Crippen molar-refractivity contribution in [1.29, 1.82) is 0 Å². The summed E-state index contributed by atoms with van der Waals surface area (Å²) in [7, 11) is 0. The highest BCUT2D eigenvalue weighted by Crippen LogP contribution is 2.06. The molecule has 0 spiro atoms. The molecule has 0 radical (unpaired) electrons. The van der Waals surface area contributed by atoms with Crippen molar-refractivity contribution in [2.24, 2.45) is 0 Å². The summed E-state index contributed by atoms with van der Waals surface area (Å²) in [6, 6.07) is 0. The van der Waals surface area contributed by atoms with Crippen LogP contribution in [0.5, 0.6) is 0 Å². The summed E-state index contributed by atoms with van der Waals surface area (Å²) in [5, 5.41) is 2.68. The van der Waals surface area contributed by atoms with E-state index in [9.17, 15) is 4.79 Å². The maximum absolute atomic E-state index is 11.2. The van der Waals surface area contributed by atoms with E-state index in [2.05, 4.69) is 10.2 Å². The molecule has 1 N–H and O–H groups in total. The lowest BCUT2D eigenvalue weighted by Crippen LogP contribution is -2.32. The van der Waals surface area contributed by atoms with Gasteiger partial charge >= 0.3 is 6.09 Å². The first-order valence-corrected chi connectivity index (χ1v) is 5.26. The zero-order valence-electron chi connectivity index (χ0n) is 9.80. The Labute approximate surface area is 91.8 Å². The van der Waals surface area contributed by atoms with Gasteiger partial charge in [-0.05, 0) is 33.6 Å². The second-order valence-corrected chi connectivity index (χ2v) is 4.37. The van der Waals surface area contributed by atoms with E-state index in [-0.39, 0.29) is 6.09 Å². The Bertz CT molecular complexity index is 226. The Morgan fingerprint density at radius 1 is 1.33 bits per heavy atom. The Kier molecular flexibility index (Phi) is 6.52. The van der Waals surface area contributed by atoms with Gasteiger partial charge in [0.1, 0.15) is 5.60 Å². The van der Waals surface area contributed by atoms with E-state index in [0.29, 0.717) is 13.1 Å². The molecule has 0 fully saturated rings. The lowest BCUT2D eigenvalue weighted by Gasteiger charge is -2.19. The minimum Gasteiger partial charge on any atom is -0.444 e. The lowest BCUT2D eigenvalue weighted by molar-refractivity contribution is 0.0527. The summed E-state index contributed by atoms with van der Waals surface area (Å²) in [6.45, 7) is 13.3. The number of nitrogens with zero attached hydrogens (tertiary/aromatic N) is 1. The minimum atomic E-state index is -0.436. The molecule has 86 valence electrons. The van der Waals surface area contributed by atoms with Crippen molar-refractivity contribution in [2.45, 2.75) is 45.6 Å². The number of ether oxygens (including phenoxy) is 1. The highest BCUT2D eigenvalue weighted by molar-refractivity contribution is 5.67. The molecule has 0 atom stereocenters. The van der Waals surface area contributed by atoms with Gasteiger partial charge in [0.05, 0.1) is 0 Å². The summed E-state index contributed by atoms with van der Waals surface area (Å²) in [4.78, 5) is 14.4. The zero-order chi connectivity index (χ0) is 11.7. The summed E-state index contributed by atoms with van der Waals surface area (Å²) in [5.74, 6) is 0. The zero-order valence-corrected chi connectivity index (χ0v) is 9.80. The fraction of sp³-hybridized carbons (Fsp3) is 0.818. The molecule has 0 aromatic rings. The number of carbonyl (C=O) groups excluding carboxylic acids is 1. The minimum absolute atomic E-state index is 0.368. The maximum Gasteiger partial charge on any atom is 0.407 e. The van der Waals surface area contributed by atoms with Crippen LogP contribution in [0.1, 0.15) is 40.0 Å². The third kappa shape index (κ3) is 10.7. The average Bonchev–Trinajstić information content (AvgIpc) is 2.08. The predicted octanol–water partition coefficient (Wildman–Crippen LogP) is 2.60. The van der Waals surface area contributed by atoms with Gasteiger partial charge in [-0.15, -0.1) is 0 Å². The summed E-state index contributed by atoms with van der Waals surface area (Å²) < 4.78 is 5.07. The molecule has 0 saturated carbocycles. The number of carbonyl (C=O) groups is 1. The maximum atomic E-state index is 11.2. The van der Waals surface area contributed by atoms with Crippen molar-refractivity contribution in [2.75, 3.05) is 13.1 Å². The number of hydrogen-bond donors (Lipinski definition) is 1. The van der Waals surface area contributed by atoms with E-state index in [4.69, 9.17) is 11.3 Å². The standard InChI is InChI=1S/C11H20N2O2/c1-11(2,3)15-10(14)13-9-7-5-6-8-12-4/h5-9H2,1-3H3,(H,13,14). The number of amides is 1. The largest absolute Gasteiger partial charge is 0.444 e. The fourth-order valence-electron chi connectivity index (χ4n) is 0.997. The van der Waals surface area contributed by atoms with Crippen molar-refractivity contribution in [1.82, 2.24) is 5.32 Å². The molecule has 4 nitrogen and oxygen atoms in total. The van der Waals surface area contributed by atoms with Gasteiger partial charge in [0, 0.05) is 13.0 Å². The number of hydrogen-bond acceptors (Lipinski definition) is 2. The first-order valence-electron chi connectivity index (χ1n) is 5.26. The monoisotopic (exact) mass is 212 g/mol. The first kappa shape index (κ1) is 13.8. The van der Waals surface area contributed by atoms with Crippen LogP contribution in [-0.4, -0.2) is 24.8 Å². The quantitative estimate of drug-likeness (QED) is 0.562. The Morgan fingerprint density at radius 3 is 2.53 bits per heavy atom. The summed E-state index contributed by atoms with van der Waals surface area (Å²) in [5.41, 5.74) is -0.436. The number of alkyl carbamates (subject to hydrolysis) is 1. The molecule has 0 aromatic carbocycles. The van der Waals surface area contributed by atoms with Crippen LogP contribution < -0.4 is 5.32 Å². The summed E-state index contributed by atoms with van der Waals surface area (Å²) in [6.07, 6.45) is 2.40. The van der Waals surface area contributed by atoms with Gasteiger partial charge in [-0.1, -0.05) is 0 Å². The van der Waals surface area contributed by atoms with Crippen LogP contribution in [0.2, 0.25) is 0 Å². The van der Waals surface area contributed by atoms with Crippen LogP contribution in [0.15, 0.2) is 0 Å². The smallest absolute Gasteiger partial charge is 0.407 e. The molecule has 4 heteroatoms. The molecule has 15 heavy (non-hydrogen) atoms. The van der Waals surface area contributed by atoms with E-state index in [1.54, 1.807) is 0 Å². The molecule has 1 amide bonds. The van der Waals surface area contributed by atoms with E-state index < -0.39 is 5.60 Å². The molecule has 0 unspecified atom stereocenters. The molecule has 0 bridgehead atoms. The molecular weight excluding hydrogens is 192 g/mol. The molecular formula is C11H20N2O2. The van der Waals surface area contributed by atoms with Crippen LogP contribution in [0.25, 0.3) is 4.85 Å². The average molecular weight is 212 g/mol. The van der Waals surface area contributed by atoms with Crippen LogP contribution in [0, 0.1) is 6.57 Å². The third-order valence-corrected chi connectivity index (χ3v) is 1.61. The van der Waals surface area contributed by atoms with Crippen LogP contribution in [0.4, 0.5) is 4.79 Å². The molecule has 0 heterocycles. The van der Waals surface area contributed by atoms with Crippen LogP contribution >= 0.6 is 0 Å². The Morgan fingerprint density at radius 2 is 2.00 bits per heavy atom. The van der Waals surface area contributed by atoms with Crippen molar-refractivity contribution in [3.05, 3.63) is 11.4 Å². The molecule has 0 aromatic heterocycles. The van der Waals surface area contributed by atoms with Crippen LogP contribution in [-0.2, 0) is 4.74 Å². The van der Waals surface area contributed by atoms with E-state index in [1.165, 1.54) is 0 Å². The van der Waals surface area contributed by atoms with Crippen molar-refractivity contribution in [3.63, 3.8) is 0 Å². The molecule has 0 rings (SSSR count). The second-order valence-electron chi connectivity index (χ2n) is 4.37. The SMILES string of the molecule is [C-]#[N+]CCCCCNC(=O)OC(C)(C)C. The predicted molar refractivity (Wildman–Crippen MR) is 59.6 cm³/mol. The Hall–Kier alpha value is -1.24. The van der Waals surface area contributed by atoms with E-state index in [0.717, 1.165) is 19.3 Å². The fourth-order valence-corrected chi connectivity index (χ4v) is 0.997. The van der Waals surface area contributed by atoms with Crippen molar-refractivity contribution >= 4 is 6.09 Å². The van der Waals surface area contributed by atoms with E-state index >= 15 is 0 Å². The van der Waals surface area contributed by atoms with Gasteiger partial charge in [0.2, 0.25) is 6.54 Å². The van der Waals surface area contributed by atoms with Gasteiger partial charge in [-0.2, -0.15) is 0 Å². The molecule has 0 aliphatic heterocycles. The summed E-state index contributed by atoms with van der Waals surface area (Å²) >= 11 is 0. The number of unbranched alkanes of at least 4 members (excludes halogenated alkanes) is 2. The topological polar surface area (TPSA) is 42.7 Å².